The number of hydrogen-bond donors (Lipinski definition) is 0. The Morgan fingerprint density at radius 1 is 1.56 bits per heavy atom. The summed E-state index contributed by atoms with van der Waals surface area (Å²) in [4.78, 5) is 18.4. The number of halogens is 2. The topological polar surface area (TPSA) is 68.9 Å². The summed E-state index contributed by atoms with van der Waals surface area (Å²) >= 11 is 1.34. The Hall–Kier alpha value is -1.70. The fraction of sp³-hybridized carbons (Fsp3) is 0.250. The van der Waals surface area contributed by atoms with Crippen LogP contribution in [0.2, 0.25) is 0 Å². The van der Waals surface area contributed by atoms with Crippen molar-refractivity contribution in [3.63, 3.8) is 0 Å². The molecule has 0 amide bonds. The average Bonchev–Trinajstić information content (AvgIpc) is 2.85. The van der Waals surface area contributed by atoms with E-state index in [1.54, 1.807) is 10.9 Å². The molecule has 0 spiro atoms. The van der Waals surface area contributed by atoms with Gasteiger partial charge < -0.3 is 4.52 Å². The lowest BCUT2D eigenvalue weighted by atomic mass is 10.3. The number of thiazole rings is 1. The van der Waals surface area contributed by atoms with Crippen molar-refractivity contribution in [1.29, 1.82) is 0 Å². The maximum atomic E-state index is 11.9. The third kappa shape index (κ3) is 2.27. The first kappa shape index (κ1) is 10.8. The van der Waals surface area contributed by atoms with Crippen molar-refractivity contribution >= 4 is 17.1 Å². The van der Waals surface area contributed by atoms with E-state index in [9.17, 15) is 13.6 Å². The number of hydrogen-bond acceptors (Lipinski definition) is 6. The van der Waals surface area contributed by atoms with Crippen LogP contribution in [-0.4, -0.2) is 27.3 Å². The van der Waals surface area contributed by atoms with Gasteiger partial charge in [0.2, 0.25) is 17.5 Å². The molecule has 2 aromatic heterocycles. The van der Waals surface area contributed by atoms with Crippen LogP contribution in [0.3, 0.4) is 0 Å². The van der Waals surface area contributed by atoms with Crippen molar-refractivity contribution in [3.05, 3.63) is 16.8 Å². The first-order valence-corrected chi connectivity index (χ1v) is 5.13. The van der Waals surface area contributed by atoms with Crippen molar-refractivity contribution < 1.29 is 18.1 Å². The molecule has 0 saturated carbocycles. The van der Waals surface area contributed by atoms with Crippen LogP contribution in [0.15, 0.2) is 15.4 Å². The lowest BCUT2D eigenvalue weighted by Crippen LogP contribution is -2.12. The van der Waals surface area contributed by atoms with Gasteiger partial charge in [0.05, 0.1) is 11.9 Å². The average molecular weight is 245 g/mol. The zero-order valence-electron chi connectivity index (χ0n) is 7.76. The molecular weight excluding hydrogens is 240 g/mol. The molecule has 0 unspecified atom stereocenters. The molecule has 0 aliphatic heterocycles. The fourth-order valence-corrected chi connectivity index (χ4v) is 1.51. The predicted octanol–water partition coefficient (Wildman–Crippen LogP) is 1.57. The van der Waals surface area contributed by atoms with Gasteiger partial charge in [-0.3, -0.25) is 4.79 Å². The maximum absolute atomic E-state index is 11.9. The van der Waals surface area contributed by atoms with Gasteiger partial charge in [-0.1, -0.05) is 5.16 Å². The van der Waals surface area contributed by atoms with E-state index in [0.717, 1.165) is 0 Å². The van der Waals surface area contributed by atoms with E-state index in [2.05, 4.69) is 19.6 Å². The molecule has 0 aliphatic rings. The lowest BCUT2D eigenvalue weighted by Gasteiger charge is -1.92. The number of Topliss-reactive ketones (excluding diaryl/α,β-unsaturated/α-hetero) is 1. The third-order valence-electron chi connectivity index (χ3n) is 1.70. The van der Waals surface area contributed by atoms with Gasteiger partial charge >= 0.3 is 0 Å². The van der Waals surface area contributed by atoms with Crippen LogP contribution in [0, 0.1) is 0 Å². The van der Waals surface area contributed by atoms with Crippen LogP contribution in [0.4, 0.5) is 8.78 Å². The Morgan fingerprint density at radius 3 is 3.00 bits per heavy atom. The highest BCUT2D eigenvalue weighted by atomic mass is 32.1. The summed E-state index contributed by atoms with van der Waals surface area (Å²) in [5, 5.41) is 5.22. The predicted molar refractivity (Wildman–Crippen MR) is 50.1 cm³/mol. The van der Waals surface area contributed by atoms with Crippen molar-refractivity contribution in [2.24, 2.45) is 0 Å². The minimum absolute atomic E-state index is 0.131. The molecule has 0 aliphatic carbocycles. The van der Waals surface area contributed by atoms with E-state index in [4.69, 9.17) is 0 Å². The number of aromatic nitrogens is 3. The standard InChI is InChI=1S/C8H5F2N3O2S/c9-7(10)5(14)1-6-12-8(13-15-6)4-2-16-3-11-4/h2-3,7H,1H2. The van der Waals surface area contributed by atoms with Crippen LogP contribution >= 0.6 is 11.3 Å². The van der Waals surface area contributed by atoms with Gasteiger partial charge in [0, 0.05) is 5.38 Å². The summed E-state index contributed by atoms with van der Waals surface area (Å²) in [6, 6.07) is 0. The van der Waals surface area contributed by atoms with E-state index >= 15 is 0 Å². The Labute approximate surface area is 92.1 Å². The molecule has 0 fully saturated rings. The number of ketones is 1. The second-order valence-electron chi connectivity index (χ2n) is 2.83. The van der Waals surface area contributed by atoms with Crippen molar-refractivity contribution in [2.45, 2.75) is 12.8 Å². The minimum atomic E-state index is -3.02. The number of alkyl halides is 2. The van der Waals surface area contributed by atoms with Gasteiger partial charge in [-0.25, -0.2) is 13.8 Å². The quantitative estimate of drug-likeness (QED) is 0.817. The maximum Gasteiger partial charge on any atom is 0.296 e. The second-order valence-corrected chi connectivity index (χ2v) is 3.55. The molecule has 0 atom stereocenters. The van der Waals surface area contributed by atoms with Gasteiger partial charge in [0.25, 0.3) is 6.43 Å². The third-order valence-corrected chi connectivity index (χ3v) is 2.28. The van der Waals surface area contributed by atoms with E-state index < -0.39 is 18.6 Å². The van der Waals surface area contributed by atoms with Crippen molar-refractivity contribution in [1.82, 2.24) is 15.1 Å². The fourth-order valence-electron chi connectivity index (χ4n) is 0.980. The Kier molecular flexibility index (Phi) is 3.00. The van der Waals surface area contributed by atoms with Crippen LogP contribution < -0.4 is 0 Å². The van der Waals surface area contributed by atoms with Crippen LogP contribution in [0.25, 0.3) is 11.5 Å². The SMILES string of the molecule is O=C(Cc1nc(-c2cscn2)no1)C(F)F. The molecule has 0 bridgehead atoms. The zero-order valence-corrected chi connectivity index (χ0v) is 8.58. The van der Waals surface area contributed by atoms with E-state index in [0.29, 0.717) is 5.69 Å². The lowest BCUT2D eigenvalue weighted by molar-refractivity contribution is -0.129. The first-order chi connectivity index (χ1) is 7.66. The molecule has 0 radical (unpaired) electrons. The number of nitrogens with zero attached hydrogens (tertiary/aromatic N) is 3. The normalized spacial score (nSPS) is 10.9. The molecule has 0 aromatic carbocycles. The molecular formula is C8H5F2N3O2S. The largest absolute Gasteiger partial charge is 0.338 e. The number of carbonyl (C=O) groups excluding carboxylic acids is 1. The van der Waals surface area contributed by atoms with Crippen LogP contribution in [0.5, 0.6) is 0 Å². The highest BCUT2D eigenvalue weighted by Crippen LogP contribution is 2.15. The van der Waals surface area contributed by atoms with Gasteiger partial charge in [-0.05, 0) is 0 Å². The molecule has 5 nitrogen and oxygen atoms in total. The first-order valence-electron chi connectivity index (χ1n) is 4.19. The molecule has 2 aromatic rings. The highest BCUT2D eigenvalue weighted by Gasteiger charge is 2.20. The Balaban J connectivity index is 2.11. The van der Waals surface area contributed by atoms with Gasteiger partial charge in [0.15, 0.2) is 0 Å². The summed E-state index contributed by atoms with van der Waals surface area (Å²) in [5.74, 6) is -1.18. The second kappa shape index (κ2) is 4.44. The molecule has 2 rings (SSSR count). The van der Waals surface area contributed by atoms with Crippen molar-refractivity contribution in [3.8, 4) is 11.5 Å². The number of rotatable bonds is 4. The number of carbonyl (C=O) groups is 1. The van der Waals surface area contributed by atoms with E-state index in [1.807, 2.05) is 0 Å². The Bertz CT molecular complexity index is 483. The van der Waals surface area contributed by atoms with Gasteiger partial charge in [0.1, 0.15) is 5.69 Å². The molecule has 0 saturated heterocycles. The summed E-state index contributed by atoms with van der Waals surface area (Å²) < 4.78 is 28.5. The molecule has 16 heavy (non-hydrogen) atoms. The van der Waals surface area contributed by atoms with Gasteiger partial charge in [-0.15, -0.1) is 11.3 Å². The monoisotopic (exact) mass is 245 g/mol. The van der Waals surface area contributed by atoms with Gasteiger partial charge in [-0.2, -0.15) is 4.98 Å². The zero-order chi connectivity index (χ0) is 11.5. The van der Waals surface area contributed by atoms with E-state index in [-0.39, 0.29) is 11.7 Å². The molecule has 8 heteroatoms. The molecule has 2 heterocycles. The molecule has 84 valence electrons. The minimum Gasteiger partial charge on any atom is -0.338 e. The van der Waals surface area contributed by atoms with Crippen molar-refractivity contribution in [2.75, 3.05) is 0 Å². The molecule has 0 N–H and O–H groups in total. The summed E-state index contributed by atoms with van der Waals surface area (Å²) in [5.41, 5.74) is 2.07. The summed E-state index contributed by atoms with van der Waals surface area (Å²) in [7, 11) is 0. The highest BCUT2D eigenvalue weighted by molar-refractivity contribution is 7.07. The summed E-state index contributed by atoms with van der Waals surface area (Å²) in [6.07, 6.45) is -3.58. The Morgan fingerprint density at radius 2 is 2.38 bits per heavy atom. The summed E-state index contributed by atoms with van der Waals surface area (Å²) in [6.45, 7) is 0. The smallest absolute Gasteiger partial charge is 0.296 e. The van der Waals surface area contributed by atoms with Crippen LogP contribution in [-0.2, 0) is 11.2 Å². The van der Waals surface area contributed by atoms with E-state index in [1.165, 1.54) is 11.3 Å². The van der Waals surface area contributed by atoms with Crippen LogP contribution in [0.1, 0.15) is 5.89 Å².